The number of aliphatic hydroxyl groups is 2. The number of carboxylic acids is 1. The van der Waals surface area contributed by atoms with Gasteiger partial charge in [0.2, 0.25) is 0 Å². The number of aliphatic hydroxyl groups excluding tert-OH is 2. The molecule has 0 aromatic carbocycles. The quantitative estimate of drug-likeness (QED) is 0.424. The topological polar surface area (TPSA) is 94.8 Å². The van der Waals surface area contributed by atoms with Crippen molar-refractivity contribution >= 4 is 11.8 Å². The molecule has 130 valence electrons. The van der Waals surface area contributed by atoms with Crippen LogP contribution in [0.3, 0.4) is 0 Å². The lowest BCUT2D eigenvalue weighted by Crippen LogP contribution is -2.19. The lowest BCUT2D eigenvalue weighted by molar-refractivity contribution is -0.137. The van der Waals surface area contributed by atoms with Crippen LogP contribution >= 0.6 is 0 Å². The lowest BCUT2D eigenvalue weighted by Gasteiger charge is -2.16. The van der Waals surface area contributed by atoms with Crippen LogP contribution in [0, 0.1) is 11.8 Å². The first-order valence-corrected chi connectivity index (χ1v) is 8.39. The monoisotopic (exact) mass is 324 g/mol. The van der Waals surface area contributed by atoms with E-state index in [9.17, 15) is 19.8 Å². The molecule has 0 aromatic heterocycles. The number of hydrogen-bond donors (Lipinski definition) is 3. The van der Waals surface area contributed by atoms with Crippen LogP contribution in [0.25, 0.3) is 0 Å². The molecule has 4 atom stereocenters. The van der Waals surface area contributed by atoms with E-state index in [0.29, 0.717) is 19.3 Å². The van der Waals surface area contributed by atoms with Gasteiger partial charge in [0, 0.05) is 24.7 Å². The van der Waals surface area contributed by atoms with Crippen molar-refractivity contribution in [3.05, 3.63) is 24.3 Å². The van der Waals surface area contributed by atoms with Gasteiger partial charge in [0.05, 0.1) is 12.2 Å². The van der Waals surface area contributed by atoms with Gasteiger partial charge in [0.1, 0.15) is 5.78 Å². The fraction of sp³-hybridized carbons (Fsp3) is 0.667. The minimum Gasteiger partial charge on any atom is -0.481 e. The van der Waals surface area contributed by atoms with E-state index in [0.717, 1.165) is 12.8 Å². The van der Waals surface area contributed by atoms with Crippen LogP contribution in [0.4, 0.5) is 0 Å². The molecule has 0 unspecified atom stereocenters. The maximum atomic E-state index is 12.0. The van der Waals surface area contributed by atoms with Gasteiger partial charge in [-0.2, -0.15) is 0 Å². The molecule has 5 heteroatoms. The fourth-order valence-electron chi connectivity index (χ4n) is 2.82. The summed E-state index contributed by atoms with van der Waals surface area (Å²) in [7, 11) is 0. The van der Waals surface area contributed by atoms with Gasteiger partial charge < -0.3 is 15.3 Å². The zero-order chi connectivity index (χ0) is 17.2. The first-order valence-electron chi connectivity index (χ1n) is 8.39. The summed E-state index contributed by atoms with van der Waals surface area (Å²) in [5.41, 5.74) is 0. The zero-order valence-electron chi connectivity index (χ0n) is 13.7. The van der Waals surface area contributed by atoms with Gasteiger partial charge in [-0.15, -0.1) is 0 Å². The third-order valence-corrected chi connectivity index (χ3v) is 4.28. The van der Waals surface area contributed by atoms with E-state index in [-0.39, 0.29) is 30.5 Å². The van der Waals surface area contributed by atoms with E-state index in [4.69, 9.17) is 5.11 Å². The summed E-state index contributed by atoms with van der Waals surface area (Å²) in [5.74, 6) is -1.22. The van der Waals surface area contributed by atoms with Crippen molar-refractivity contribution < 1.29 is 24.9 Å². The molecule has 1 fully saturated rings. The van der Waals surface area contributed by atoms with E-state index in [2.05, 4.69) is 0 Å². The van der Waals surface area contributed by atoms with E-state index in [1.807, 2.05) is 19.1 Å². The Morgan fingerprint density at radius 3 is 2.74 bits per heavy atom. The Morgan fingerprint density at radius 2 is 2.09 bits per heavy atom. The maximum Gasteiger partial charge on any atom is 0.303 e. The number of rotatable bonds is 10. The van der Waals surface area contributed by atoms with Crippen LogP contribution in [0.1, 0.15) is 51.9 Å². The Hall–Kier alpha value is -1.46. The number of Topliss-reactive ketones (excluding diaryl/α,β-unsaturated/α-hetero) is 1. The molecule has 0 amide bonds. The Morgan fingerprint density at radius 1 is 1.35 bits per heavy atom. The Kier molecular flexibility index (Phi) is 8.81. The largest absolute Gasteiger partial charge is 0.481 e. The molecule has 0 spiro atoms. The molecule has 5 nitrogen and oxygen atoms in total. The van der Waals surface area contributed by atoms with Gasteiger partial charge in [-0.3, -0.25) is 9.59 Å². The first kappa shape index (κ1) is 19.6. The number of carbonyl (C=O) groups excluding carboxylic acids is 1. The van der Waals surface area contributed by atoms with E-state index in [1.165, 1.54) is 0 Å². The highest BCUT2D eigenvalue weighted by Gasteiger charge is 2.39. The van der Waals surface area contributed by atoms with Crippen LogP contribution in [-0.2, 0) is 9.59 Å². The minimum atomic E-state index is -0.773. The van der Waals surface area contributed by atoms with Crippen molar-refractivity contribution in [1.29, 1.82) is 0 Å². The minimum absolute atomic E-state index is 0.0249. The molecule has 1 aliphatic rings. The number of carboxylic acid groups (broad SMARTS) is 1. The number of allylic oxidation sites excluding steroid dienone is 3. The van der Waals surface area contributed by atoms with E-state index in [1.54, 1.807) is 12.2 Å². The summed E-state index contributed by atoms with van der Waals surface area (Å²) in [6.45, 7) is 1.87. The van der Waals surface area contributed by atoms with Crippen LogP contribution in [0.15, 0.2) is 24.3 Å². The zero-order valence-corrected chi connectivity index (χ0v) is 13.7. The van der Waals surface area contributed by atoms with Crippen molar-refractivity contribution in [2.24, 2.45) is 11.8 Å². The Labute approximate surface area is 137 Å². The summed E-state index contributed by atoms with van der Waals surface area (Å²) in [5, 5.41) is 28.2. The van der Waals surface area contributed by atoms with Crippen LogP contribution < -0.4 is 0 Å². The molecular weight excluding hydrogens is 296 g/mol. The van der Waals surface area contributed by atoms with Gasteiger partial charge in [0.15, 0.2) is 0 Å². The van der Waals surface area contributed by atoms with Crippen molar-refractivity contribution in [3.63, 3.8) is 0 Å². The van der Waals surface area contributed by atoms with Crippen molar-refractivity contribution in [3.8, 4) is 0 Å². The molecule has 1 saturated carbocycles. The SMILES string of the molecule is CC[C@@H](O)/C=C/[C@H]1C(=O)C[C@H](O)[C@H]1C/C=C\CCCCC(=O)O. The summed E-state index contributed by atoms with van der Waals surface area (Å²) in [6, 6.07) is 0. The third-order valence-electron chi connectivity index (χ3n) is 4.28. The Bertz CT molecular complexity index is 441. The molecule has 23 heavy (non-hydrogen) atoms. The summed E-state index contributed by atoms with van der Waals surface area (Å²) in [6.07, 6.45) is 10.0. The summed E-state index contributed by atoms with van der Waals surface area (Å²) in [4.78, 5) is 22.4. The number of unbranched alkanes of at least 4 members (excludes halogenated alkanes) is 2. The molecule has 0 bridgehead atoms. The molecule has 1 rings (SSSR count). The predicted molar refractivity (Wildman–Crippen MR) is 87.9 cm³/mol. The predicted octanol–water partition coefficient (Wildman–Crippen LogP) is 2.47. The van der Waals surface area contributed by atoms with Gasteiger partial charge in [0.25, 0.3) is 0 Å². The van der Waals surface area contributed by atoms with Crippen molar-refractivity contribution in [1.82, 2.24) is 0 Å². The molecule has 0 heterocycles. The second kappa shape index (κ2) is 10.3. The number of ketones is 1. The number of aliphatic carboxylic acids is 1. The van der Waals surface area contributed by atoms with Crippen molar-refractivity contribution in [2.45, 2.75) is 64.1 Å². The summed E-state index contributed by atoms with van der Waals surface area (Å²) < 4.78 is 0. The average Bonchev–Trinajstić information content (AvgIpc) is 2.77. The summed E-state index contributed by atoms with van der Waals surface area (Å²) >= 11 is 0. The smallest absolute Gasteiger partial charge is 0.303 e. The van der Waals surface area contributed by atoms with Gasteiger partial charge in [-0.25, -0.2) is 0 Å². The van der Waals surface area contributed by atoms with Crippen LogP contribution in [0.2, 0.25) is 0 Å². The molecule has 0 radical (unpaired) electrons. The molecule has 1 aliphatic carbocycles. The van der Waals surface area contributed by atoms with Gasteiger partial charge in [-0.1, -0.05) is 31.2 Å². The molecule has 0 saturated heterocycles. The normalized spacial score (nSPS) is 26.4. The molecular formula is C18H28O5. The second-order valence-electron chi connectivity index (χ2n) is 6.13. The second-order valence-corrected chi connectivity index (χ2v) is 6.13. The van der Waals surface area contributed by atoms with Crippen LogP contribution in [0.5, 0.6) is 0 Å². The fourth-order valence-corrected chi connectivity index (χ4v) is 2.82. The molecule has 0 aromatic rings. The average molecular weight is 324 g/mol. The van der Waals surface area contributed by atoms with Crippen molar-refractivity contribution in [2.75, 3.05) is 0 Å². The first-order chi connectivity index (χ1) is 11.0. The maximum absolute atomic E-state index is 12.0. The lowest BCUT2D eigenvalue weighted by atomic mass is 9.90. The van der Waals surface area contributed by atoms with E-state index < -0.39 is 18.2 Å². The highest BCUT2D eigenvalue weighted by molar-refractivity contribution is 5.86. The standard InChI is InChI=1S/C18H28O5/c1-2-13(19)10-11-15-14(16(20)12-17(15)21)8-6-4-3-5-7-9-18(22)23/h4,6,10-11,13-16,19-20H,2-3,5,7-9,12H2,1H3,(H,22,23)/b6-4-,11-10+/t13-,14+,15-,16+/m1/s1. The van der Waals surface area contributed by atoms with E-state index >= 15 is 0 Å². The van der Waals surface area contributed by atoms with Crippen LogP contribution in [-0.4, -0.2) is 39.3 Å². The van der Waals surface area contributed by atoms with Gasteiger partial charge in [-0.05, 0) is 32.1 Å². The third kappa shape index (κ3) is 7.10. The Balaban J connectivity index is 2.43. The molecule has 0 aliphatic heterocycles. The number of carbonyl (C=O) groups is 2. The van der Waals surface area contributed by atoms with Gasteiger partial charge >= 0.3 is 5.97 Å². The highest BCUT2D eigenvalue weighted by atomic mass is 16.4. The molecule has 3 N–H and O–H groups in total. The highest BCUT2D eigenvalue weighted by Crippen LogP contribution is 2.33. The number of hydrogen-bond acceptors (Lipinski definition) is 4.